The highest BCUT2D eigenvalue weighted by atomic mass is 16.8. The van der Waals surface area contributed by atoms with Crippen LogP contribution in [0.1, 0.15) is 283 Å². The van der Waals surface area contributed by atoms with Gasteiger partial charge in [-0.15, -0.1) is 0 Å². The van der Waals surface area contributed by atoms with Gasteiger partial charge in [0.15, 0.2) is 37.7 Å². The van der Waals surface area contributed by atoms with Crippen LogP contribution < -0.4 is 63.8 Å². The summed E-state index contributed by atoms with van der Waals surface area (Å²) < 4.78 is 57.2. The fourth-order valence-electron chi connectivity index (χ4n) is 20.2. The smallest absolute Gasteiger partial charge is 0.407 e. The van der Waals surface area contributed by atoms with E-state index in [1.807, 2.05) is 34.6 Å². The number of aliphatic hydroxyl groups is 9. The number of unbranched alkanes of at least 4 members (excludes halogenated alkanes) is 4. The van der Waals surface area contributed by atoms with Crippen molar-refractivity contribution in [2.24, 2.45) is 46.3 Å². The second-order valence-electron chi connectivity index (χ2n) is 39.1. The lowest BCUT2D eigenvalue weighted by atomic mass is 9.47. The summed E-state index contributed by atoms with van der Waals surface area (Å²) in [5, 5.41) is 124. The van der Waals surface area contributed by atoms with Crippen LogP contribution in [0.15, 0.2) is 11.6 Å². The normalized spacial score (nSPS) is 28.4. The van der Waals surface area contributed by atoms with E-state index < -0.39 is 183 Å². The van der Waals surface area contributed by atoms with E-state index in [-0.39, 0.29) is 173 Å². The van der Waals surface area contributed by atoms with Crippen molar-refractivity contribution in [2.45, 2.75) is 393 Å². The fraction of sp³-hybridized carbons (Fsp3) is 0.859. The molecule has 142 heavy (non-hydrogen) atoms. The van der Waals surface area contributed by atoms with Crippen LogP contribution in [0.25, 0.3) is 0 Å². The Bertz CT molecular complexity index is 3710. The molecule has 0 aromatic heterocycles. The summed E-state index contributed by atoms with van der Waals surface area (Å²) in [6.07, 6.45) is -0.602. The molecule has 7 aliphatic rings. The Hall–Kier alpha value is -7.54. The third kappa shape index (κ3) is 42.7. The van der Waals surface area contributed by atoms with Crippen molar-refractivity contribution in [3.8, 4) is 0 Å². The van der Waals surface area contributed by atoms with Gasteiger partial charge in [0.2, 0.25) is 65.0 Å². The van der Waals surface area contributed by atoms with Gasteiger partial charge in [0.25, 0.3) is 0 Å². The van der Waals surface area contributed by atoms with Gasteiger partial charge in [-0.2, -0.15) is 0 Å². The van der Waals surface area contributed by atoms with E-state index >= 15 is 4.79 Å². The molecule has 21 N–H and O–H groups in total. The highest BCUT2D eigenvalue weighted by Crippen LogP contribution is 2.67. The molecule has 3 unspecified atom stereocenters. The third-order valence-electron chi connectivity index (χ3n) is 27.7. The number of ether oxygens (including phenoxy) is 10. The lowest BCUT2D eigenvalue weighted by molar-refractivity contribution is -0.315. The van der Waals surface area contributed by atoms with Crippen molar-refractivity contribution in [3.05, 3.63) is 11.6 Å². The number of aliphatic hydroxyl groups excluding tert-OH is 9. The van der Waals surface area contributed by atoms with Crippen molar-refractivity contribution in [2.75, 3.05) is 105 Å². The molecule has 43 heteroatoms. The fourth-order valence-corrected chi connectivity index (χ4v) is 20.2. The van der Waals surface area contributed by atoms with Gasteiger partial charge in [-0.3, -0.25) is 52.7 Å². The number of amides is 12. The van der Waals surface area contributed by atoms with Crippen LogP contribution in [-0.4, -0.2) is 332 Å². The summed E-state index contributed by atoms with van der Waals surface area (Å²) >= 11 is 0. The summed E-state index contributed by atoms with van der Waals surface area (Å²) in [7, 11) is 0. The van der Waals surface area contributed by atoms with Crippen LogP contribution in [0.2, 0.25) is 0 Å². The first-order chi connectivity index (χ1) is 67.8. The van der Waals surface area contributed by atoms with Crippen LogP contribution >= 0.6 is 0 Å². The molecule has 0 bridgehead atoms. The maximum absolute atomic E-state index is 15.1. The average molecular weight is 2030 g/mol. The quantitative estimate of drug-likeness (QED) is 0.0307. The highest BCUT2D eigenvalue weighted by Gasteiger charge is 2.60. The second kappa shape index (κ2) is 66.6. The second-order valence-corrected chi connectivity index (χ2v) is 39.1. The van der Waals surface area contributed by atoms with Crippen LogP contribution in [0, 0.1) is 46.3 Å². The average Bonchev–Trinajstić information content (AvgIpc) is 1.49. The molecule has 3 aliphatic heterocycles. The third-order valence-corrected chi connectivity index (χ3v) is 27.7. The first-order valence-electron chi connectivity index (χ1n) is 52.1. The van der Waals surface area contributed by atoms with E-state index in [0.717, 1.165) is 55.8 Å². The van der Waals surface area contributed by atoms with Crippen LogP contribution in [0.4, 0.5) is 4.79 Å². The van der Waals surface area contributed by atoms with Gasteiger partial charge in [-0.1, -0.05) is 126 Å². The predicted octanol–water partition coefficient (Wildman–Crippen LogP) is 2.45. The number of rotatable bonds is 63. The largest absolute Gasteiger partial charge is 0.446 e. The number of fused-ring (bicyclic) bond motifs is 5. The molecule has 3 saturated heterocycles. The van der Waals surface area contributed by atoms with Gasteiger partial charge < -0.3 is 157 Å². The standard InChI is InChI=1S/C95H164N12O31.2C2H6/c1-10-11-13-24-68(106-75(117)25-14-12-15-40-102-92(128)135-63-33-38-93(8)62(53-63)29-30-64-66-32-31-65(58(4)23-16-22-57(2)3)94(66,9)39-34-67(64)93)85(124)107-95(56-131-52-37-74(116)101-46-45-100-71(113)28-19-49-134-91-78(105-61(7)110)81(120)84(123)88(127)138-91,54-129-50-35-72(114)98-43-20-41-96-69(111)26-17-47-132-89-76(103-59(5)108)79(118)82(121)86(125)136-89)55-130-51-36-73(115)99-44-21-42-97-70(112)27-18-48-133-90-77(104-60(6)109)80(119)83(122)87(126)137-90;2*1-2/h29,57-58,63-68,76-84,86-91,118-123,125-127H,10-28,30-56H2,1-9H3,(H,96,111)(H,97,112)(H,98,114)(H,99,115)(H,100,113)(H,101,116)(H,102,128)(H,103,108)(H,104,109)(H,105,110)(H,106,117)(H,107,124);2*1-2H3/t58-,63+,64+,65-,66+,67+,68-,76-,77-,78-,79-,80-,81-,82-,83-,84-,86+,87+,88+,89?,90?,91?,93+,94-,95?;;/m1../s1. The molecule has 0 aromatic rings. The van der Waals surface area contributed by atoms with Gasteiger partial charge in [0.1, 0.15) is 72.4 Å². The maximum Gasteiger partial charge on any atom is 0.407 e. The van der Waals surface area contributed by atoms with E-state index in [1.165, 1.54) is 71.3 Å². The molecule has 818 valence electrons. The van der Waals surface area contributed by atoms with Gasteiger partial charge >= 0.3 is 6.09 Å². The minimum atomic E-state index is -1.81. The number of allylic oxidation sites excluding steroid dienone is 1. The molecular weight excluding hydrogens is 1850 g/mol. The summed E-state index contributed by atoms with van der Waals surface area (Å²) in [5.41, 5.74) is 0.275. The number of alkyl carbamates (subject to hydrolysis) is 1. The lowest BCUT2D eigenvalue weighted by Crippen LogP contribution is -2.63. The Morgan fingerprint density at radius 2 is 0.845 bits per heavy atom. The Morgan fingerprint density at radius 1 is 0.430 bits per heavy atom. The number of hydrogen-bond acceptors (Lipinski definition) is 31. The zero-order valence-corrected chi connectivity index (χ0v) is 86.4. The van der Waals surface area contributed by atoms with Crippen molar-refractivity contribution >= 4 is 71.1 Å². The lowest BCUT2D eigenvalue weighted by Gasteiger charge is -2.58. The molecule has 4 aliphatic carbocycles. The topological polar surface area (TPSA) is 624 Å². The molecule has 3 saturated carbocycles. The minimum Gasteiger partial charge on any atom is -0.446 e. The predicted molar refractivity (Wildman–Crippen MR) is 520 cm³/mol. The van der Waals surface area contributed by atoms with Crippen LogP contribution in [-0.2, 0) is 100 Å². The van der Waals surface area contributed by atoms with Crippen molar-refractivity contribution in [3.63, 3.8) is 0 Å². The van der Waals surface area contributed by atoms with E-state index in [4.69, 9.17) is 47.4 Å². The number of carbonyl (C=O) groups is 12. The molecule has 43 nitrogen and oxygen atoms in total. The number of carbonyl (C=O) groups excluding carboxylic acids is 12. The Morgan fingerprint density at radius 3 is 1.27 bits per heavy atom. The van der Waals surface area contributed by atoms with Gasteiger partial charge in [-0.25, -0.2) is 4.79 Å². The molecule has 0 radical (unpaired) electrons. The Balaban J connectivity index is 0.00000876. The Labute approximate surface area is 838 Å². The monoisotopic (exact) mass is 2030 g/mol. The number of nitrogens with one attached hydrogen (secondary N) is 12. The summed E-state index contributed by atoms with van der Waals surface area (Å²) in [5.74, 6) is -0.889. The highest BCUT2D eigenvalue weighted by molar-refractivity contribution is 5.88. The molecule has 12 amide bonds. The molecular formula is C99H176N12O31. The first-order valence-corrected chi connectivity index (χ1v) is 52.1. The van der Waals surface area contributed by atoms with Crippen molar-refractivity contribution in [1.82, 2.24) is 63.8 Å². The van der Waals surface area contributed by atoms with Crippen molar-refractivity contribution < 1.29 is 151 Å². The SMILES string of the molecule is CC.CC.CCCCC[C@@H](NC(=O)CCCCCNC(=O)O[C@H]1CC[C@@]2(C)C(=CC[C@H]3[C@@H]4CC[C@H]([C@H](C)CCCC(C)C)[C@@]4(C)CC[C@@H]32)C1)C(=O)NC(COCCC(=O)NCCCNC(=O)CCCOC1O[C@H](O)[C@H](O)[C@H](O)[C@H]1NC(C)=O)(COCCC(=O)NCCCNC(=O)CCCOC1O[C@H](O)[C@H](O)[C@H](O)[C@H]1NC(C)=O)COCCC(=O)NCCNC(=O)CCCOC1O[C@H](O)[C@H](O)[C@H](O)[C@H]1NC(C)=O. The summed E-state index contributed by atoms with van der Waals surface area (Å²) in [4.78, 5) is 156. The number of hydrogen-bond donors (Lipinski definition) is 21. The van der Waals surface area contributed by atoms with Gasteiger partial charge in [-0.05, 0) is 143 Å². The summed E-state index contributed by atoms with van der Waals surface area (Å²) in [6, 6.07) is -4.74. The van der Waals surface area contributed by atoms with Crippen LogP contribution in [0.5, 0.6) is 0 Å². The first kappa shape index (κ1) is 125. The molecule has 24 atom stereocenters. The van der Waals surface area contributed by atoms with Gasteiger partial charge in [0, 0.05) is 118 Å². The zero-order chi connectivity index (χ0) is 105. The van der Waals surface area contributed by atoms with E-state index in [1.54, 1.807) is 0 Å². The summed E-state index contributed by atoms with van der Waals surface area (Å²) in [6.45, 7) is 24.5. The van der Waals surface area contributed by atoms with Gasteiger partial charge in [0.05, 0.1) is 59.5 Å². The molecule has 0 spiro atoms. The Kier molecular flexibility index (Phi) is 58.6. The molecule has 0 aromatic carbocycles. The minimum absolute atomic E-state index is 0.00715. The van der Waals surface area contributed by atoms with Crippen LogP contribution in [0.3, 0.4) is 0 Å². The molecule has 6 fully saturated rings. The molecule has 3 heterocycles. The van der Waals surface area contributed by atoms with E-state index in [2.05, 4.69) is 104 Å². The van der Waals surface area contributed by atoms with E-state index in [9.17, 15) is 98.7 Å². The maximum atomic E-state index is 15.1. The zero-order valence-electron chi connectivity index (χ0n) is 86.4. The van der Waals surface area contributed by atoms with E-state index in [0.29, 0.717) is 68.7 Å². The molecule has 7 rings (SSSR count). The van der Waals surface area contributed by atoms with Crippen molar-refractivity contribution in [1.29, 1.82) is 0 Å².